The van der Waals surface area contributed by atoms with Crippen LogP contribution in [-0.2, 0) is 9.47 Å². The molecule has 0 aliphatic heterocycles. The van der Waals surface area contributed by atoms with Crippen LogP contribution in [0.5, 0.6) is 0 Å². The molecule has 0 spiro atoms. The van der Waals surface area contributed by atoms with Crippen LogP contribution in [0.2, 0.25) is 0 Å². The number of para-hydroxylation sites is 2. The van der Waals surface area contributed by atoms with Crippen LogP contribution in [0.25, 0.3) is 22.1 Å². The Labute approximate surface area is 149 Å². The fourth-order valence-corrected chi connectivity index (χ4v) is 2.15. The van der Waals surface area contributed by atoms with E-state index in [2.05, 4.69) is 30.1 Å². The predicted molar refractivity (Wildman–Crippen MR) is 86.0 cm³/mol. The largest absolute Gasteiger partial charge is 0.538 e. The van der Waals surface area contributed by atoms with Gasteiger partial charge in [-0.3, -0.25) is 9.68 Å². The third-order valence-electron chi connectivity index (χ3n) is 3.32. The first kappa shape index (κ1) is 16.3. The van der Waals surface area contributed by atoms with Gasteiger partial charge in [-0.15, -0.1) is 10.2 Å². The van der Waals surface area contributed by atoms with Gasteiger partial charge >= 0.3 is 12.3 Å². The predicted octanol–water partition coefficient (Wildman–Crippen LogP) is 0.964. The molecule has 2 heterocycles. The van der Waals surface area contributed by atoms with Gasteiger partial charge in [-0.2, -0.15) is 0 Å². The molecule has 0 saturated carbocycles. The molecule has 0 radical (unpaired) electrons. The highest BCUT2D eigenvalue weighted by Gasteiger charge is 2.14. The zero-order valence-corrected chi connectivity index (χ0v) is 13.5. The van der Waals surface area contributed by atoms with Crippen LogP contribution < -0.4 is 9.68 Å². The van der Waals surface area contributed by atoms with E-state index in [0.29, 0.717) is 22.1 Å². The number of hydrogen-bond donors (Lipinski definition) is 0. The summed E-state index contributed by atoms with van der Waals surface area (Å²) in [6.07, 6.45) is -2.30. The summed E-state index contributed by atoms with van der Waals surface area (Å²) in [5.41, 5.74) is 2.00. The maximum absolute atomic E-state index is 11.6. The lowest BCUT2D eigenvalue weighted by Gasteiger charge is -2.06. The van der Waals surface area contributed by atoms with Crippen molar-refractivity contribution >= 4 is 34.4 Å². The zero-order chi connectivity index (χ0) is 18.6. The molecular weight excluding hydrogens is 360 g/mol. The Morgan fingerprint density at radius 1 is 0.741 bits per heavy atom. The van der Waals surface area contributed by atoms with Crippen molar-refractivity contribution in [3.8, 4) is 0 Å². The first-order valence-electron chi connectivity index (χ1n) is 7.52. The third-order valence-corrected chi connectivity index (χ3v) is 3.32. The minimum absolute atomic E-state index is 0.466. The SMILES string of the molecule is O=C(OCOC(=O)On1nnc2ccccc21)On1nnc2ccccc21. The first-order chi connectivity index (χ1) is 13.2. The van der Waals surface area contributed by atoms with Crippen LogP contribution in [0.1, 0.15) is 0 Å². The van der Waals surface area contributed by atoms with Crippen molar-refractivity contribution in [2.24, 2.45) is 0 Å². The van der Waals surface area contributed by atoms with Crippen molar-refractivity contribution in [1.82, 2.24) is 30.3 Å². The lowest BCUT2D eigenvalue weighted by Crippen LogP contribution is -2.26. The first-order valence-corrected chi connectivity index (χ1v) is 7.52. The van der Waals surface area contributed by atoms with Crippen molar-refractivity contribution in [3.05, 3.63) is 48.5 Å². The van der Waals surface area contributed by atoms with E-state index in [9.17, 15) is 9.59 Å². The smallest absolute Gasteiger partial charge is 0.395 e. The summed E-state index contributed by atoms with van der Waals surface area (Å²) in [6.45, 7) is -0.739. The number of nitrogens with zero attached hydrogens (tertiary/aromatic N) is 6. The molecule has 2 aromatic heterocycles. The van der Waals surface area contributed by atoms with Crippen molar-refractivity contribution in [3.63, 3.8) is 0 Å². The van der Waals surface area contributed by atoms with E-state index >= 15 is 0 Å². The van der Waals surface area contributed by atoms with Crippen LogP contribution in [0.3, 0.4) is 0 Å². The summed E-state index contributed by atoms with van der Waals surface area (Å²) in [5.74, 6) is 0. The molecule has 0 bridgehead atoms. The van der Waals surface area contributed by atoms with Gasteiger partial charge in [0.25, 0.3) is 0 Å². The molecule has 0 unspecified atom stereocenters. The van der Waals surface area contributed by atoms with Crippen LogP contribution in [-0.4, -0.2) is 49.4 Å². The molecule has 12 nitrogen and oxygen atoms in total. The Bertz CT molecular complexity index is 1030. The highest BCUT2D eigenvalue weighted by molar-refractivity contribution is 5.75. The van der Waals surface area contributed by atoms with Gasteiger partial charge in [0.15, 0.2) is 0 Å². The second-order valence-corrected chi connectivity index (χ2v) is 4.99. The highest BCUT2D eigenvalue weighted by atomic mass is 16.9. The molecule has 0 fully saturated rings. The van der Waals surface area contributed by atoms with Gasteiger partial charge in [-0.1, -0.05) is 34.0 Å². The maximum atomic E-state index is 11.6. The van der Waals surface area contributed by atoms with E-state index < -0.39 is 19.1 Å². The minimum Gasteiger partial charge on any atom is -0.395 e. The average Bonchev–Trinajstić information content (AvgIpc) is 3.27. The number of aromatic nitrogens is 6. The molecule has 0 aliphatic carbocycles. The van der Waals surface area contributed by atoms with E-state index in [4.69, 9.17) is 9.68 Å². The summed E-state index contributed by atoms with van der Waals surface area (Å²) in [7, 11) is 0. The second kappa shape index (κ2) is 6.95. The van der Waals surface area contributed by atoms with Gasteiger partial charge in [-0.05, 0) is 34.7 Å². The van der Waals surface area contributed by atoms with Gasteiger partial charge in [-0.25, -0.2) is 9.59 Å². The zero-order valence-electron chi connectivity index (χ0n) is 13.5. The monoisotopic (exact) mass is 370 g/mol. The molecule has 12 heteroatoms. The van der Waals surface area contributed by atoms with Crippen LogP contribution >= 0.6 is 0 Å². The lowest BCUT2D eigenvalue weighted by molar-refractivity contribution is -0.0456. The number of benzene rings is 2. The number of fused-ring (bicyclic) bond motifs is 2. The Balaban J connectivity index is 1.28. The van der Waals surface area contributed by atoms with Gasteiger partial charge in [0.2, 0.25) is 6.79 Å². The summed E-state index contributed by atoms with van der Waals surface area (Å²) >= 11 is 0. The van der Waals surface area contributed by atoms with Crippen LogP contribution in [0, 0.1) is 0 Å². The minimum atomic E-state index is -1.15. The normalized spacial score (nSPS) is 10.7. The van der Waals surface area contributed by atoms with Crippen LogP contribution in [0.4, 0.5) is 9.59 Å². The Kier molecular flexibility index (Phi) is 4.19. The maximum Gasteiger partial charge on any atom is 0.538 e. The molecule has 0 saturated heterocycles. The third kappa shape index (κ3) is 3.44. The summed E-state index contributed by atoms with van der Waals surface area (Å²) in [4.78, 5) is 34.7. The van der Waals surface area contributed by atoms with E-state index in [1.807, 2.05) is 0 Å². The molecular formula is C15H10N6O6. The molecule has 0 amide bonds. The number of carbonyl (C=O) groups is 2. The van der Waals surface area contributed by atoms with Crippen molar-refractivity contribution in [1.29, 1.82) is 0 Å². The number of ether oxygens (including phenoxy) is 2. The van der Waals surface area contributed by atoms with Gasteiger partial charge < -0.3 is 9.47 Å². The van der Waals surface area contributed by atoms with E-state index in [1.165, 1.54) is 0 Å². The lowest BCUT2D eigenvalue weighted by atomic mass is 10.3. The topological polar surface area (TPSA) is 132 Å². The van der Waals surface area contributed by atoms with Crippen molar-refractivity contribution < 1.29 is 28.7 Å². The number of rotatable bonds is 4. The molecule has 27 heavy (non-hydrogen) atoms. The summed E-state index contributed by atoms with van der Waals surface area (Å²) in [6, 6.07) is 13.7. The van der Waals surface area contributed by atoms with Crippen molar-refractivity contribution in [2.45, 2.75) is 0 Å². The Morgan fingerprint density at radius 2 is 1.19 bits per heavy atom. The summed E-state index contributed by atoms with van der Waals surface area (Å²) < 4.78 is 9.25. The second-order valence-electron chi connectivity index (χ2n) is 4.99. The van der Waals surface area contributed by atoms with Crippen LogP contribution in [0.15, 0.2) is 48.5 Å². The molecule has 4 rings (SSSR count). The average molecular weight is 370 g/mol. The molecule has 0 N–H and O–H groups in total. The molecule has 0 atom stereocenters. The van der Waals surface area contributed by atoms with Gasteiger partial charge in [0.05, 0.1) is 0 Å². The fourth-order valence-electron chi connectivity index (χ4n) is 2.15. The molecule has 0 aliphatic rings. The molecule has 2 aromatic carbocycles. The van der Waals surface area contributed by atoms with E-state index in [-0.39, 0.29) is 0 Å². The quantitative estimate of drug-likeness (QED) is 0.290. The van der Waals surface area contributed by atoms with Gasteiger partial charge in [0.1, 0.15) is 22.1 Å². The number of carbonyl (C=O) groups excluding carboxylic acids is 2. The highest BCUT2D eigenvalue weighted by Crippen LogP contribution is 2.09. The standard InChI is InChI=1S/C15H10N6O6/c22-14(26-20-12-7-3-1-5-10(12)16-18-20)24-9-25-15(23)27-21-13-8-4-2-6-11(13)17-19-21/h1-8H,9H2. The molecule has 4 aromatic rings. The van der Waals surface area contributed by atoms with E-state index in [0.717, 1.165) is 9.69 Å². The van der Waals surface area contributed by atoms with E-state index in [1.54, 1.807) is 48.5 Å². The van der Waals surface area contributed by atoms with Gasteiger partial charge in [0, 0.05) is 0 Å². The Morgan fingerprint density at radius 3 is 1.67 bits per heavy atom. The van der Waals surface area contributed by atoms with Crippen molar-refractivity contribution in [2.75, 3.05) is 6.79 Å². The Hall–Kier alpha value is -4.22. The molecule has 136 valence electrons. The number of hydrogen-bond acceptors (Lipinski definition) is 10. The summed E-state index contributed by atoms with van der Waals surface area (Å²) in [5, 5.41) is 14.9. The fraction of sp³-hybridized carbons (Fsp3) is 0.0667.